The van der Waals surface area contributed by atoms with Gasteiger partial charge in [0.1, 0.15) is 24.5 Å². The summed E-state index contributed by atoms with van der Waals surface area (Å²) in [6.07, 6.45) is 0. The molecule has 33 heavy (non-hydrogen) atoms. The summed E-state index contributed by atoms with van der Waals surface area (Å²) in [7, 11) is -0.556. The van der Waals surface area contributed by atoms with Crippen molar-refractivity contribution in [1.82, 2.24) is 14.1 Å². The van der Waals surface area contributed by atoms with Gasteiger partial charge in [0.2, 0.25) is 10.0 Å². The van der Waals surface area contributed by atoms with Crippen molar-refractivity contribution < 1.29 is 22.7 Å². The summed E-state index contributed by atoms with van der Waals surface area (Å²) in [5.41, 5.74) is 2.59. The number of sulfonamides is 1. The first-order chi connectivity index (χ1) is 15.6. The number of halogens is 1. The van der Waals surface area contributed by atoms with Crippen molar-refractivity contribution in [2.24, 2.45) is 0 Å². The second kappa shape index (κ2) is 10.4. The highest BCUT2D eigenvalue weighted by atomic mass is 35.5. The van der Waals surface area contributed by atoms with E-state index in [0.29, 0.717) is 34.3 Å². The van der Waals surface area contributed by atoms with E-state index in [1.165, 1.54) is 26.2 Å². The van der Waals surface area contributed by atoms with Crippen LogP contribution in [0.1, 0.15) is 27.3 Å². The lowest BCUT2D eigenvalue weighted by Crippen LogP contribution is -2.22. The van der Waals surface area contributed by atoms with Gasteiger partial charge < -0.3 is 9.47 Å². The van der Waals surface area contributed by atoms with Crippen LogP contribution in [0.3, 0.4) is 0 Å². The molecule has 0 aliphatic heterocycles. The fraction of sp³-hybridized carbons (Fsp3) is 0.304. The van der Waals surface area contributed by atoms with Gasteiger partial charge >= 0.3 is 5.97 Å². The van der Waals surface area contributed by atoms with Crippen molar-refractivity contribution in [2.75, 3.05) is 27.3 Å². The fourth-order valence-electron chi connectivity index (χ4n) is 3.22. The monoisotopic (exact) mass is 491 g/mol. The van der Waals surface area contributed by atoms with Crippen molar-refractivity contribution >= 4 is 27.6 Å². The van der Waals surface area contributed by atoms with E-state index in [4.69, 9.17) is 21.1 Å². The zero-order valence-electron chi connectivity index (χ0n) is 18.9. The molecular formula is C23H26ClN3O5S. The fourth-order valence-corrected chi connectivity index (χ4v) is 4.32. The molecule has 0 N–H and O–H groups in total. The minimum atomic E-state index is -3.50. The quantitative estimate of drug-likeness (QED) is 0.335. The topological polar surface area (TPSA) is 90.7 Å². The van der Waals surface area contributed by atoms with Crippen LogP contribution in [-0.4, -0.2) is 55.8 Å². The first kappa shape index (κ1) is 24.8. The molecule has 176 valence electrons. The molecule has 0 saturated heterocycles. The number of nitrogens with zero attached hydrogens (tertiary/aromatic N) is 3. The summed E-state index contributed by atoms with van der Waals surface area (Å²) in [6.45, 7) is 4.17. The van der Waals surface area contributed by atoms with E-state index in [-0.39, 0.29) is 18.1 Å². The number of rotatable bonds is 9. The molecule has 10 heteroatoms. The predicted octanol–water partition coefficient (Wildman–Crippen LogP) is 3.69. The number of aromatic nitrogens is 2. The van der Waals surface area contributed by atoms with Crippen LogP contribution in [0.2, 0.25) is 5.02 Å². The van der Waals surface area contributed by atoms with Gasteiger partial charge in [0, 0.05) is 19.1 Å². The van der Waals surface area contributed by atoms with Crippen LogP contribution < -0.4 is 4.74 Å². The minimum Gasteiger partial charge on any atom is -0.490 e. The number of ether oxygens (including phenoxy) is 2. The molecule has 0 aliphatic rings. The molecule has 0 atom stereocenters. The Labute approximate surface area is 198 Å². The highest BCUT2D eigenvalue weighted by molar-refractivity contribution is 7.89. The normalized spacial score (nSPS) is 11.6. The number of benzene rings is 2. The molecule has 1 heterocycles. The van der Waals surface area contributed by atoms with Gasteiger partial charge in [-0.15, -0.1) is 0 Å². The predicted molar refractivity (Wildman–Crippen MR) is 125 cm³/mol. The van der Waals surface area contributed by atoms with Crippen LogP contribution in [0.25, 0.3) is 0 Å². The average Bonchev–Trinajstić information content (AvgIpc) is 3.05. The first-order valence-electron chi connectivity index (χ1n) is 10.2. The SMILES string of the molecule is Cc1nn(Cc2ccccc2Cl)c(C)c1C(=O)OCCOc1ccc(S(=O)(=O)N(C)C)cc1. The maximum atomic E-state index is 12.6. The standard InChI is InChI=1S/C23H26ClN3O5S/c1-16-22(17(2)27(25-16)15-18-7-5-6-8-21(18)24)23(28)32-14-13-31-19-9-11-20(12-10-19)33(29,30)26(3)4/h5-12H,13-15H2,1-4H3. The first-order valence-corrected chi connectivity index (χ1v) is 12.0. The van der Waals surface area contributed by atoms with E-state index < -0.39 is 16.0 Å². The molecule has 0 radical (unpaired) electrons. The third kappa shape index (κ3) is 5.73. The third-order valence-corrected chi connectivity index (χ3v) is 7.25. The van der Waals surface area contributed by atoms with Crippen LogP contribution in [0.15, 0.2) is 53.4 Å². The van der Waals surface area contributed by atoms with E-state index in [1.807, 2.05) is 31.2 Å². The molecule has 1 aromatic heterocycles. The average molecular weight is 492 g/mol. The van der Waals surface area contributed by atoms with Gasteiger partial charge in [0.25, 0.3) is 0 Å². The van der Waals surface area contributed by atoms with Gasteiger partial charge in [-0.25, -0.2) is 17.5 Å². The number of aryl methyl sites for hydroxylation is 1. The summed E-state index contributed by atoms with van der Waals surface area (Å²) in [6, 6.07) is 13.5. The zero-order valence-corrected chi connectivity index (χ0v) is 20.5. The van der Waals surface area contributed by atoms with Crippen LogP contribution in [0.5, 0.6) is 5.75 Å². The molecule has 0 fully saturated rings. The van der Waals surface area contributed by atoms with E-state index in [1.54, 1.807) is 23.7 Å². The lowest BCUT2D eigenvalue weighted by molar-refractivity contribution is 0.0448. The molecular weight excluding hydrogens is 466 g/mol. The van der Waals surface area contributed by atoms with Crippen LogP contribution in [-0.2, 0) is 21.3 Å². The maximum Gasteiger partial charge on any atom is 0.342 e. The van der Waals surface area contributed by atoms with Crippen molar-refractivity contribution in [3.05, 3.63) is 76.1 Å². The Morgan fingerprint density at radius 2 is 1.73 bits per heavy atom. The summed E-state index contributed by atoms with van der Waals surface area (Å²) in [5.74, 6) is -0.00453. The lowest BCUT2D eigenvalue weighted by Gasteiger charge is -2.12. The molecule has 0 spiro atoms. The van der Waals surface area contributed by atoms with Crippen molar-refractivity contribution in [2.45, 2.75) is 25.3 Å². The second-order valence-electron chi connectivity index (χ2n) is 7.54. The molecule has 0 aliphatic carbocycles. The minimum absolute atomic E-state index is 0.0329. The van der Waals surface area contributed by atoms with Gasteiger partial charge in [0.05, 0.1) is 22.8 Å². The van der Waals surface area contributed by atoms with E-state index in [9.17, 15) is 13.2 Å². The van der Waals surface area contributed by atoms with Crippen LogP contribution in [0.4, 0.5) is 0 Å². The van der Waals surface area contributed by atoms with Crippen LogP contribution >= 0.6 is 11.6 Å². The number of carbonyl (C=O) groups excluding carboxylic acids is 1. The van der Waals surface area contributed by atoms with Crippen LogP contribution in [0, 0.1) is 13.8 Å². The Morgan fingerprint density at radius 3 is 2.36 bits per heavy atom. The highest BCUT2D eigenvalue weighted by Crippen LogP contribution is 2.21. The summed E-state index contributed by atoms with van der Waals surface area (Å²) in [4.78, 5) is 12.8. The molecule has 0 unspecified atom stereocenters. The molecule has 0 bridgehead atoms. The van der Waals surface area contributed by atoms with E-state index in [0.717, 1.165) is 9.87 Å². The van der Waals surface area contributed by atoms with Gasteiger partial charge in [0.15, 0.2) is 0 Å². The molecule has 0 saturated carbocycles. The molecule has 3 aromatic rings. The smallest absolute Gasteiger partial charge is 0.342 e. The van der Waals surface area contributed by atoms with Crippen molar-refractivity contribution in [3.8, 4) is 5.75 Å². The summed E-state index contributed by atoms with van der Waals surface area (Å²) in [5, 5.41) is 5.09. The summed E-state index contributed by atoms with van der Waals surface area (Å²) >= 11 is 6.24. The number of hydrogen-bond donors (Lipinski definition) is 0. The van der Waals surface area contributed by atoms with Gasteiger partial charge in [-0.05, 0) is 49.7 Å². The Hall–Kier alpha value is -2.88. The van der Waals surface area contributed by atoms with Gasteiger partial charge in [-0.2, -0.15) is 5.10 Å². The Morgan fingerprint density at radius 1 is 1.06 bits per heavy atom. The second-order valence-corrected chi connectivity index (χ2v) is 10.1. The van der Waals surface area contributed by atoms with E-state index in [2.05, 4.69) is 5.10 Å². The highest BCUT2D eigenvalue weighted by Gasteiger charge is 2.21. The van der Waals surface area contributed by atoms with Crippen molar-refractivity contribution in [3.63, 3.8) is 0 Å². The Kier molecular flexibility index (Phi) is 7.78. The van der Waals surface area contributed by atoms with E-state index >= 15 is 0 Å². The van der Waals surface area contributed by atoms with Gasteiger partial charge in [-0.3, -0.25) is 4.68 Å². The third-order valence-electron chi connectivity index (χ3n) is 5.05. The largest absolute Gasteiger partial charge is 0.490 e. The zero-order chi connectivity index (χ0) is 24.2. The molecule has 8 nitrogen and oxygen atoms in total. The number of hydrogen-bond acceptors (Lipinski definition) is 6. The lowest BCUT2D eigenvalue weighted by atomic mass is 10.2. The molecule has 3 rings (SSSR count). The van der Waals surface area contributed by atoms with Crippen molar-refractivity contribution in [1.29, 1.82) is 0 Å². The Bertz CT molecular complexity index is 1240. The number of carbonyl (C=O) groups is 1. The summed E-state index contributed by atoms with van der Waals surface area (Å²) < 4.78 is 38.0. The molecule has 0 amide bonds. The maximum absolute atomic E-state index is 12.6. The molecule has 2 aromatic carbocycles. The number of esters is 1. The Balaban J connectivity index is 1.56. The van der Waals surface area contributed by atoms with Gasteiger partial charge in [-0.1, -0.05) is 29.8 Å².